The number of anilines is 1. The fourth-order valence-electron chi connectivity index (χ4n) is 1.27. The van der Waals surface area contributed by atoms with Gasteiger partial charge in [-0.2, -0.15) is 0 Å². The van der Waals surface area contributed by atoms with Crippen LogP contribution in [0.4, 0.5) is 5.82 Å². The second-order valence-electron chi connectivity index (χ2n) is 2.89. The molecule has 0 amide bonds. The molecule has 0 unspecified atom stereocenters. The molecule has 2 N–H and O–H groups in total. The molecule has 15 heavy (non-hydrogen) atoms. The molecule has 0 aliphatic carbocycles. The van der Waals surface area contributed by atoms with Crippen LogP contribution in [0.1, 0.15) is 17.4 Å². The Bertz CT molecular complexity index is 506. The maximum Gasteiger partial charge on any atom is 0.362 e. The van der Waals surface area contributed by atoms with Crippen LogP contribution in [0.2, 0.25) is 0 Å². The summed E-state index contributed by atoms with van der Waals surface area (Å²) in [5.74, 6) is -0.318. The number of nitrogens with two attached hydrogens (primary N) is 1. The molecule has 78 valence electrons. The van der Waals surface area contributed by atoms with E-state index in [1.165, 1.54) is 0 Å². The molecule has 0 aliphatic heterocycles. The Hall–Kier alpha value is -2.11. The number of hydrogen-bond acceptors (Lipinski definition) is 5. The number of hydrogen-bond donors (Lipinski definition) is 1. The summed E-state index contributed by atoms with van der Waals surface area (Å²) in [6, 6.07) is 3.52. The summed E-state index contributed by atoms with van der Waals surface area (Å²) in [5.41, 5.74) is 6.39. The lowest BCUT2D eigenvalue weighted by molar-refractivity contribution is 0.0519. The van der Waals surface area contributed by atoms with Gasteiger partial charge >= 0.3 is 5.97 Å². The van der Waals surface area contributed by atoms with E-state index in [1.54, 1.807) is 29.7 Å². The van der Waals surface area contributed by atoms with Crippen molar-refractivity contribution in [2.75, 3.05) is 12.3 Å². The maximum absolute atomic E-state index is 11.4. The van der Waals surface area contributed by atoms with Crippen molar-refractivity contribution in [3.63, 3.8) is 0 Å². The summed E-state index contributed by atoms with van der Waals surface area (Å²) in [7, 11) is 0. The topological polar surface area (TPSA) is 82.5 Å². The molecule has 0 aromatic carbocycles. The Balaban J connectivity index is 2.52. The minimum atomic E-state index is -0.557. The maximum atomic E-state index is 11.4. The van der Waals surface area contributed by atoms with Gasteiger partial charge in [-0.25, -0.2) is 4.79 Å². The molecule has 0 aliphatic rings. The predicted octanol–water partition coefficient (Wildman–Crippen LogP) is 0.488. The van der Waals surface area contributed by atoms with E-state index in [2.05, 4.69) is 10.2 Å². The first-order valence-corrected chi connectivity index (χ1v) is 4.50. The zero-order valence-electron chi connectivity index (χ0n) is 8.17. The smallest absolute Gasteiger partial charge is 0.362 e. The van der Waals surface area contributed by atoms with Crippen LogP contribution < -0.4 is 5.73 Å². The fraction of sp³-hybridized carbons (Fsp3) is 0.222. The van der Waals surface area contributed by atoms with E-state index in [0.29, 0.717) is 5.65 Å². The van der Waals surface area contributed by atoms with Crippen molar-refractivity contribution in [2.24, 2.45) is 0 Å². The zero-order chi connectivity index (χ0) is 10.8. The van der Waals surface area contributed by atoms with E-state index < -0.39 is 5.97 Å². The number of rotatable bonds is 2. The molecule has 2 rings (SSSR count). The Labute approximate surface area is 85.7 Å². The number of ether oxygens (including phenoxy) is 1. The van der Waals surface area contributed by atoms with Crippen molar-refractivity contribution >= 4 is 17.4 Å². The van der Waals surface area contributed by atoms with Crippen LogP contribution in [0.5, 0.6) is 0 Å². The Morgan fingerprint density at radius 2 is 2.40 bits per heavy atom. The van der Waals surface area contributed by atoms with Gasteiger partial charge in [0.2, 0.25) is 5.69 Å². The molecule has 2 aromatic rings. The molecule has 0 radical (unpaired) electrons. The first-order chi connectivity index (χ1) is 7.24. The number of nitrogen functional groups attached to an aromatic ring is 1. The van der Waals surface area contributed by atoms with Crippen molar-refractivity contribution in [2.45, 2.75) is 6.92 Å². The molecule has 0 saturated heterocycles. The molecule has 0 saturated carbocycles. The van der Waals surface area contributed by atoms with Crippen LogP contribution in [-0.4, -0.2) is 27.2 Å². The van der Waals surface area contributed by atoms with Crippen molar-refractivity contribution in [3.8, 4) is 0 Å². The van der Waals surface area contributed by atoms with Gasteiger partial charge in [0.15, 0.2) is 5.65 Å². The molecule has 0 bridgehead atoms. The van der Waals surface area contributed by atoms with Crippen molar-refractivity contribution < 1.29 is 9.53 Å². The second-order valence-corrected chi connectivity index (χ2v) is 2.89. The largest absolute Gasteiger partial charge is 0.461 e. The third-order valence-corrected chi connectivity index (χ3v) is 1.95. The van der Waals surface area contributed by atoms with Gasteiger partial charge in [0.25, 0.3) is 0 Å². The van der Waals surface area contributed by atoms with Gasteiger partial charge in [0.05, 0.1) is 6.61 Å². The highest BCUT2D eigenvalue weighted by Crippen LogP contribution is 2.11. The normalized spacial score (nSPS) is 10.5. The van der Waals surface area contributed by atoms with Crippen molar-refractivity contribution in [3.05, 3.63) is 24.0 Å². The van der Waals surface area contributed by atoms with Crippen LogP contribution >= 0.6 is 0 Å². The third kappa shape index (κ3) is 1.50. The van der Waals surface area contributed by atoms with Gasteiger partial charge in [0, 0.05) is 6.20 Å². The summed E-state index contributed by atoms with van der Waals surface area (Å²) in [6.07, 6.45) is 1.71. The molecule has 2 aromatic heterocycles. The van der Waals surface area contributed by atoms with Crippen LogP contribution in [0.15, 0.2) is 18.3 Å². The Morgan fingerprint density at radius 3 is 3.13 bits per heavy atom. The summed E-state index contributed by atoms with van der Waals surface area (Å²) < 4.78 is 6.38. The van der Waals surface area contributed by atoms with Crippen LogP contribution in [0.25, 0.3) is 5.65 Å². The quantitative estimate of drug-likeness (QED) is 0.723. The molecule has 6 heteroatoms. The average Bonchev–Trinajstić information content (AvgIpc) is 2.67. The highest BCUT2D eigenvalue weighted by molar-refractivity contribution is 5.92. The van der Waals surface area contributed by atoms with Crippen molar-refractivity contribution in [1.82, 2.24) is 14.6 Å². The van der Waals surface area contributed by atoms with Gasteiger partial charge in [0.1, 0.15) is 5.82 Å². The minimum Gasteiger partial charge on any atom is -0.461 e. The summed E-state index contributed by atoms with van der Waals surface area (Å²) in [6.45, 7) is 2.00. The van der Waals surface area contributed by atoms with E-state index >= 15 is 0 Å². The standard InChI is InChI=1S/C9H10N4O2/c1-2-15-9(14)7-8(10)13-5-3-4-6(13)11-12-7/h3-5H,2,10H2,1H3. The van der Waals surface area contributed by atoms with Crippen molar-refractivity contribution in [1.29, 1.82) is 0 Å². The number of nitrogens with zero attached hydrogens (tertiary/aromatic N) is 3. The third-order valence-electron chi connectivity index (χ3n) is 1.95. The lowest BCUT2D eigenvalue weighted by Crippen LogP contribution is -2.14. The number of esters is 1. The van der Waals surface area contributed by atoms with E-state index in [4.69, 9.17) is 10.5 Å². The molecule has 0 atom stereocenters. The highest BCUT2D eigenvalue weighted by atomic mass is 16.5. The van der Waals surface area contributed by atoms with Gasteiger partial charge in [-0.1, -0.05) is 0 Å². The molecular formula is C9H10N4O2. The average molecular weight is 206 g/mol. The number of carbonyl (C=O) groups excluding carboxylic acids is 1. The van der Waals surface area contributed by atoms with E-state index in [1.807, 2.05) is 0 Å². The number of carbonyl (C=O) groups is 1. The molecule has 0 spiro atoms. The highest BCUT2D eigenvalue weighted by Gasteiger charge is 2.15. The first kappa shape index (κ1) is 9.45. The Kier molecular flexibility index (Phi) is 2.24. The van der Waals surface area contributed by atoms with Gasteiger partial charge in [-0.15, -0.1) is 10.2 Å². The fourth-order valence-corrected chi connectivity index (χ4v) is 1.27. The lowest BCUT2D eigenvalue weighted by atomic mass is 10.4. The zero-order valence-corrected chi connectivity index (χ0v) is 8.17. The monoisotopic (exact) mass is 206 g/mol. The molecular weight excluding hydrogens is 196 g/mol. The van der Waals surface area contributed by atoms with Gasteiger partial charge < -0.3 is 10.5 Å². The van der Waals surface area contributed by atoms with Gasteiger partial charge in [-0.05, 0) is 19.1 Å². The number of aromatic nitrogens is 3. The van der Waals surface area contributed by atoms with Crippen LogP contribution in [-0.2, 0) is 4.74 Å². The number of fused-ring (bicyclic) bond motifs is 1. The summed E-state index contributed by atoms with van der Waals surface area (Å²) in [5, 5.41) is 7.56. The van der Waals surface area contributed by atoms with Crippen LogP contribution in [0, 0.1) is 0 Å². The molecule has 2 heterocycles. The summed E-state index contributed by atoms with van der Waals surface area (Å²) in [4.78, 5) is 11.4. The van der Waals surface area contributed by atoms with E-state index in [-0.39, 0.29) is 18.1 Å². The van der Waals surface area contributed by atoms with E-state index in [0.717, 1.165) is 0 Å². The molecule has 0 fully saturated rings. The van der Waals surface area contributed by atoms with Gasteiger partial charge in [-0.3, -0.25) is 4.40 Å². The van der Waals surface area contributed by atoms with E-state index in [9.17, 15) is 4.79 Å². The molecule has 6 nitrogen and oxygen atoms in total. The second kappa shape index (κ2) is 3.56. The Morgan fingerprint density at radius 1 is 1.60 bits per heavy atom. The first-order valence-electron chi connectivity index (χ1n) is 4.50. The summed E-state index contributed by atoms with van der Waals surface area (Å²) >= 11 is 0. The van der Waals surface area contributed by atoms with Crippen LogP contribution in [0.3, 0.4) is 0 Å². The minimum absolute atomic E-state index is 0.0422. The lowest BCUT2D eigenvalue weighted by Gasteiger charge is -2.05. The predicted molar refractivity (Wildman–Crippen MR) is 53.4 cm³/mol. The SMILES string of the molecule is CCOC(=O)c1nnc2cccn2c1N.